The number of rotatable bonds is 7. The Morgan fingerprint density at radius 2 is 1.29 bits per heavy atom. The van der Waals surface area contributed by atoms with Crippen LogP contribution in [0.4, 0.5) is 17.1 Å². The number of anilines is 3. The number of fused-ring (bicyclic) bond motifs is 3. The van der Waals surface area contributed by atoms with E-state index in [1.165, 1.54) is 50.8 Å². The molecule has 7 heteroatoms. The Balaban J connectivity index is 1.11. The van der Waals surface area contributed by atoms with Gasteiger partial charge in [-0.2, -0.15) is 0 Å². The van der Waals surface area contributed by atoms with E-state index in [2.05, 4.69) is 144 Å². The van der Waals surface area contributed by atoms with Crippen LogP contribution in [0.5, 0.6) is 0 Å². The van der Waals surface area contributed by atoms with Gasteiger partial charge in [-0.05, 0) is 80.7 Å². The van der Waals surface area contributed by atoms with Crippen LogP contribution < -0.4 is 15.1 Å². The first kappa shape index (κ1) is 37.6. The number of aromatic nitrogens is 1. The molecule has 8 rings (SSSR count). The third-order valence-corrected chi connectivity index (χ3v) is 12.6. The van der Waals surface area contributed by atoms with Crippen molar-refractivity contribution in [3.8, 4) is 0 Å². The molecule has 4 aromatic rings. The van der Waals surface area contributed by atoms with E-state index in [0.29, 0.717) is 6.54 Å². The second kappa shape index (κ2) is 15.3. The predicted molar refractivity (Wildman–Crippen MR) is 233 cm³/mol. The van der Waals surface area contributed by atoms with Crippen LogP contribution in [-0.2, 0) is 15.6 Å². The number of benzene rings is 3. The summed E-state index contributed by atoms with van der Waals surface area (Å²) in [6, 6.07) is 27.7. The molecule has 1 aliphatic carbocycles. The number of piperazine rings is 1. The number of amides is 1. The van der Waals surface area contributed by atoms with E-state index < -0.39 is 0 Å². The van der Waals surface area contributed by atoms with Gasteiger partial charge in [0, 0.05) is 69.4 Å². The zero-order valence-electron chi connectivity index (χ0n) is 34.1. The molecule has 1 N–H and O–H groups in total. The molecule has 1 amide bonds. The lowest BCUT2D eigenvalue weighted by Crippen LogP contribution is -2.47. The minimum atomic E-state index is -0.0808. The lowest BCUT2D eigenvalue weighted by atomic mass is 9.82. The third kappa shape index (κ3) is 6.80. The molecule has 0 atom stereocenters. The van der Waals surface area contributed by atoms with Gasteiger partial charge in [0.05, 0.1) is 30.8 Å². The molecule has 4 aliphatic rings. The average molecular weight is 746 g/mol. The zero-order valence-corrected chi connectivity index (χ0v) is 34.1. The van der Waals surface area contributed by atoms with Gasteiger partial charge in [0.25, 0.3) is 0 Å². The molecule has 1 saturated heterocycles. The normalized spacial score (nSPS) is 22.1. The SMILES string of the molecule is CCN1C(=CC=C2CCCC(=CC=C3N(CC)c4ccccc4C3(C)C)C2=[N+]2CCN(CC(=O)Nc3cccc4cccnc34)CC2)C(C)(C)c2ccccc21. The number of carbonyl (C=O) groups is 1. The summed E-state index contributed by atoms with van der Waals surface area (Å²) in [5.41, 5.74) is 13.8. The smallest absolute Gasteiger partial charge is 0.238 e. The van der Waals surface area contributed by atoms with Crippen LogP contribution in [0.15, 0.2) is 132 Å². The molecule has 56 heavy (non-hydrogen) atoms. The molecule has 0 spiro atoms. The quantitative estimate of drug-likeness (QED) is 0.191. The summed E-state index contributed by atoms with van der Waals surface area (Å²) >= 11 is 0. The highest BCUT2D eigenvalue weighted by Crippen LogP contribution is 2.49. The monoisotopic (exact) mass is 745 g/mol. The van der Waals surface area contributed by atoms with Crippen molar-refractivity contribution in [2.24, 2.45) is 0 Å². The van der Waals surface area contributed by atoms with Gasteiger partial charge in [-0.15, -0.1) is 0 Å². The Kier molecular flexibility index (Phi) is 10.3. The first-order chi connectivity index (χ1) is 27.1. The second-order valence-electron chi connectivity index (χ2n) is 16.7. The molecule has 7 nitrogen and oxygen atoms in total. The molecule has 3 aliphatic heterocycles. The Morgan fingerprint density at radius 3 is 1.86 bits per heavy atom. The van der Waals surface area contributed by atoms with Gasteiger partial charge in [-0.3, -0.25) is 14.7 Å². The minimum absolute atomic E-state index is 0.00245. The van der Waals surface area contributed by atoms with Crippen molar-refractivity contribution in [3.05, 3.63) is 143 Å². The van der Waals surface area contributed by atoms with Crippen LogP contribution >= 0.6 is 0 Å². The summed E-state index contributed by atoms with van der Waals surface area (Å²) < 4.78 is 2.61. The largest absolute Gasteiger partial charge is 0.344 e. The summed E-state index contributed by atoms with van der Waals surface area (Å²) in [6.45, 7) is 19.6. The van der Waals surface area contributed by atoms with Gasteiger partial charge in [0.1, 0.15) is 0 Å². The lowest BCUT2D eigenvalue weighted by molar-refractivity contribution is -0.539. The lowest BCUT2D eigenvalue weighted by Gasteiger charge is -2.29. The molecule has 0 radical (unpaired) electrons. The highest BCUT2D eigenvalue weighted by Gasteiger charge is 2.40. The number of hydrogen-bond donors (Lipinski definition) is 1. The molecule has 2 fully saturated rings. The van der Waals surface area contributed by atoms with E-state index in [9.17, 15) is 4.79 Å². The number of nitrogens with zero attached hydrogens (tertiary/aromatic N) is 5. The van der Waals surface area contributed by atoms with Crippen molar-refractivity contribution in [2.75, 3.05) is 60.9 Å². The molecular weight excluding hydrogens is 689 g/mol. The van der Waals surface area contributed by atoms with Gasteiger partial charge in [-0.25, -0.2) is 4.58 Å². The Morgan fingerprint density at radius 1 is 0.732 bits per heavy atom. The maximum Gasteiger partial charge on any atom is 0.238 e. The minimum Gasteiger partial charge on any atom is -0.344 e. The molecule has 0 unspecified atom stereocenters. The molecule has 1 aromatic heterocycles. The maximum atomic E-state index is 13.4. The van der Waals surface area contributed by atoms with Crippen molar-refractivity contribution in [1.82, 2.24) is 9.88 Å². The highest BCUT2D eigenvalue weighted by atomic mass is 16.2. The number of likely N-dealkylation sites (N-methyl/N-ethyl adjacent to an activating group) is 2. The number of allylic oxidation sites excluding steroid dienone is 8. The zero-order chi connectivity index (χ0) is 39.0. The molecule has 0 bridgehead atoms. The van der Waals surface area contributed by atoms with Gasteiger partial charge in [0.15, 0.2) is 13.1 Å². The van der Waals surface area contributed by atoms with Crippen molar-refractivity contribution in [2.45, 2.75) is 71.6 Å². The average Bonchev–Trinajstić information content (AvgIpc) is 3.57. The van der Waals surface area contributed by atoms with Crippen LogP contribution in [-0.4, -0.2) is 71.9 Å². The summed E-state index contributed by atoms with van der Waals surface area (Å²) in [6.07, 6.45) is 14.7. The van der Waals surface area contributed by atoms with Crippen LogP contribution in [0.25, 0.3) is 10.9 Å². The predicted octanol–water partition coefficient (Wildman–Crippen LogP) is 9.38. The van der Waals surface area contributed by atoms with Crippen LogP contribution in [0.2, 0.25) is 0 Å². The van der Waals surface area contributed by atoms with Gasteiger partial charge < -0.3 is 15.1 Å². The van der Waals surface area contributed by atoms with E-state index in [4.69, 9.17) is 0 Å². The van der Waals surface area contributed by atoms with Crippen molar-refractivity contribution in [1.29, 1.82) is 0 Å². The number of nitrogens with one attached hydrogen (secondary N) is 1. The van der Waals surface area contributed by atoms with Gasteiger partial charge >= 0.3 is 0 Å². The Bertz CT molecular complexity index is 2210. The number of hydrogen-bond acceptors (Lipinski definition) is 5. The summed E-state index contributed by atoms with van der Waals surface area (Å²) in [7, 11) is 0. The topological polar surface area (TPSA) is 54.7 Å². The second-order valence-corrected chi connectivity index (χ2v) is 16.7. The summed E-state index contributed by atoms with van der Waals surface area (Å²) in [5.74, 6) is 0.00245. The Hall–Kier alpha value is -5.27. The van der Waals surface area contributed by atoms with Crippen LogP contribution in [0.3, 0.4) is 0 Å². The van der Waals surface area contributed by atoms with E-state index in [-0.39, 0.29) is 16.7 Å². The molecular formula is C49H57N6O+. The first-order valence-electron chi connectivity index (χ1n) is 20.7. The summed E-state index contributed by atoms with van der Waals surface area (Å²) in [5, 5.41) is 4.17. The third-order valence-electron chi connectivity index (χ3n) is 12.6. The molecule has 3 aromatic carbocycles. The van der Waals surface area contributed by atoms with E-state index in [1.54, 1.807) is 6.20 Å². The fraction of sp³-hybridized carbons (Fsp3) is 0.367. The summed E-state index contributed by atoms with van der Waals surface area (Å²) in [4.78, 5) is 25.2. The van der Waals surface area contributed by atoms with E-state index in [0.717, 1.165) is 75.1 Å². The Labute approximate surface area is 333 Å². The fourth-order valence-electron chi connectivity index (χ4n) is 9.69. The van der Waals surface area contributed by atoms with Crippen LogP contribution in [0, 0.1) is 0 Å². The number of carbonyl (C=O) groups excluding carboxylic acids is 1. The highest BCUT2D eigenvalue weighted by molar-refractivity contribution is 6.10. The number of para-hydroxylation sites is 3. The molecule has 1 saturated carbocycles. The van der Waals surface area contributed by atoms with Gasteiger partial charge in [-0.1, -0.05) is 94.4 Å². The number of pyridine rings is 1. The maximum absolute atomic E-state index is 13.4. The molecule has 4 heterocycles. The van der Waals surface area contributed by atoms with Crippen LogP contribution in [0.1, 0.15) is 71.9 Å². The van der Waals surface area contributed by atoms with Crippen molar-refractivity contribution >= 4 is 39.6 Å². The van der Waals surface area contributed by atoms with Crippen molar-refractivity contribution in [3.63, 3.8) is 0 Å². The van der Waals surface area contributed by atoms with Gasteiger partial charge in [0.2, 0.25) is 11.6 Å². The van der Waals surface area contributed by atoms with E-state index in [1.807, 2.05) is 30.3 Å². The first-order valence-corrected chi connectivity index (χ1v) is 20.7. The van der Waals surface area contributed by atoms with E-state index >= 15 is 0 Å². The van der Waals surface area contributed by atoms with Crippen molar-refractivity contribution < 1.29 is 9.37 Å². The molecule has 288 valence electrons. The standard InChI is InChI=1S/C49H56N6O/c1-7-54-41-23-11-9-20-38(41)48(3,4)43(54)27-25-36-17-13-18-37(26-28-44-49(5,6)39-21-10-12-24-42(39)55(44)8-2)47(36)53-32-30-52(31-33-53)34-45(56)51-40-22-14-16-35-19-15-29-50-46(35)40/h9-12,14-16,19-29H,7-8,13,17-18,30-34H2,1-6H3/p+1. The fourth-order valence-corrected chi connectivity index (χ4v) is 9.69.